The topological polar surface area (TPSA) is 60.7 Å². The van der Waals surface area contributed by atoms with E-state index in [1.807, 2.05) is 0 Å². The number of carbonyl (C=O) groups is 1. The Morgan fingerprint density at radius 3 is 2.47 bits per heavy atom. The van der Waals surface area contributed by atoms with Crippen molar-refractivity contribution >= 4 is 5.78 Å². The molecule has 0 radical (unpaired) electrons. The van der Waals surface area contributed by atoms with Gasteiger partial charge in [0.15, 0.2) is 5.82 Å². The summed E-state index contributed by atoms with van der Waals surface area (Å²) in [6.07, 6.45) is 8.66. The zero-order valence-electron chi connectivity index (χ0n) is 10.4. The van der Waals surface area contributed by atoms with Gasteiger partial charge in [-0.2, -0.15) is 4.80 Å². The first kappa shape index (κ1) is 12.2. The summed E-state index contributed by atoms with van der Waals surface area (Å²) in [5, 5.41) is 11.7. The van der Waals surface area contributed by atoms with Crippen molar-refractivity contribution in [3.8, 4) is 0 Å². The minimum atomic E-state index is 0.221. The second-order valence-corrected chi connectivity index (χ2v) is 4.88. The molecule has 0 saturated heterocycles. The van der Waals surface area contributed by atoms with Gasteiger partial charge in [-0.1, -0.05) is 32.1 Å². The van der Waals surface area contributed by atoms with Crippen LogP contribution in [0, 0.1) is 5.92 Å². The van der Waals surface area contributed by atoms with Crippen LogP contribution in [0.15, 0.2) is 0 Å². The van der Waals surface area contributed by atoms with Crippen molar-refractivity contribution in [2.24, 2.45) is 13.0 Å². The van der Waals surface area contributed by atoms with E-state index in [1.165, 1.54) is 36.9 Å². The zero-order chi connectivity index (χ0) is 12.1. The predicted molar refractivity (Wildman–Crippen MR) is 63.3 cm³/mol. The molecule has 1 aliphatic carbocycles. The first-order chi connectivity index (χ1) is 8.25. The van der Waals surface area contributed by atoms with E-state index < -0.39 is 0 Å². The van der Waals surface area contributed by atoms with Crippen molar-refractivity contribution in [3.63, 3.8) is 0 Å². The van der Waals surface area contributed by atoms with Crippen LogP contribution in [0.3, 0.4) is 0 Å². The van der Waals surface area contributed by atoms with Crippen molar-refractivity contribution in [1.82, 2.24) is 20.2 Å². The Kier molecular flexibility index (Phi) is 4.23. The molecule has 2 rings (SSSR count). The van der Waals surface area contributed by atoms with Crippen LogP contribution in [0.2, 0.25) is 0 Å². The summed E-state index contributed by atoms with van der Waals surface area (Å²) in [6.45, 7) is 0. The summed E-state index contributed by atoms with van der Waals surface area (Å²) >= 11 is 0. The van der Waals surface area contributed by atoms with Gasteiger partial charge in [-0.25, -0.2) is 0 Å². The number of tetrazole rings is 1. The van der Waals surface area contributed by atoms with Gasteiger partial charge in [-0.3, -0.25) is 4.79 Å². The Balaban J connectivity index is 1.89. The molecule has 0 bridgehead atoms. The van der Waals surface area contributed by atoms with Gasteiger partial charge in [0.05, 0.1) is 13.5 Å². The number of Topliss-reactive ketones (excluding diaryl/α,β-unsaturated/α-hetero) is 1. The first-order valence-electron chi connectivity index (χ1n) is 6.51. The molecule has 1 fully saturated rings. The quantitative estimate of drug-likeness (QED) is 0.801. The second kappa shape index (κ2) is 5.89. The van der Waals surface area contributed by atoms with Crippen molar-refractivity contribution in [2.45, 2.75) is 51.4 Å². The number of rotatable bonds is 3. The number of hydrogen-bond donors (Lipinski definition) is 0. The van der Waals surface area contributed by atoms with Gasteiger partial charge < -0.3 is 0 Å². The molecule has 1 aromatic rings. The van der Waals surface area contributed by atoms with Crippen LogP contribution < -0.4 is 0 Å². The Labute approximate surface area is 102 Å². The van der Waals surface area contributed by atoms with Crippen LogP contribution in [0.1, 0.15) is 50.8 Å². The third-order valence-electron chi connectivity index (χ3n) is 3.44. The van der Waals surface area contributed by atoms with Gasteiger partial charge in [0.25, 0.3) is 0 Å². The first-order valence-corrected chi connectivity index (χ1v) is 6.51. The maximum Gasteiger partial charge on any atom is 0.182 e. The van der Waals surface area contributed by atoms with E-state index in [0.717, 1.165) is 12.8 Å². The summed E-state index contributed by atoms with van der Waals surface area (Å²) in [5.41, 5.74) is 0. The minimum absolute atomic E-state index is 0.221. The smallest absolute Gasteiger partial charge is 0.182 e. The van der Waals surface area contributed by atoms with Crippen molar-refractivity contribution < 1.29 is 4.79 Å². The number of hydrogen-bond acceptors (Lipinski definition) is 4. The van der Waals surface area contributed by atoms with Crippen LogP contribution in [-0.4, -0.2) is 26.0 Å². The van der Waals surface area contributed by atoms with Crippen LogP contribution in [0.25, 0.3) is 0 Å². The monoisotopic (exact) mass is 236 g/mol. The van der Waals surface area contributed by atoms with E-state index in [-0.39, 0.29) is 5.92 Å². The van der Waals surface area contributed by atoms with Crippen LogP contribution in [0.4, 0.5) is 0 Å². The molecule has 1 aliphatic rings. The van der Waals surface area contributed by atoms with Gasteiger partial charge in [-0.15, -0.1) is 10.2 Å². The van der Waals surface area contributed by atoms with E-state index in [1.54, 1.807) is 7.05 Å². The minimum Gasteiger partial charge on any atom is -0.299 e. The highest BCUT2D eigenvalue weighted by molar-refractivity contribution is 5.82. The molecule has 5 heteroatoms. The predicted octanol–water partition coefficient (Wildman–Crippen LogP) is 1.68. The molecule has 0 spiro atoms. The fraction of sp³-hybridized carbons (Fsp3) is 0.833. The van der Waals surface area contributed by atoms with Crippen LogP contribution in [0.5, 0.6) is 0 Å². The average molecular weight is 236 g/mol. The Bertz CT molecular complexity index is 366. The maximum absolute atomic E-state index is 12.1. The third kappa shape index (κ3) is 3.61. The molecule has 0 unspecified atom stereocenters. The fourth-order valence-corrected chi connectivity index (χ4v) is 2.47. The number of carbonyl (C=O) groups excluding carboxylic acids is 1. The molecule has 0 atom stereocenters. The highest BCUT2D eigenvalue weighted by Crippen LogP contribution is 2.23. The third-order valence-corrected chi connectivity index (χ3v) is 3.44. The second-order valence-electron chi connectivity index (χ2n) is 4.88. The Morgan fingerprint density at radius 1 is 1.24 bits per heavy atom. The van der Waals surface area contributed by atoms with Gasteiger partial charge in [-0.05, 0) is 18.1 Å². The summed E-state index contributed by atoms with van der Waals surface area (Å²) in [7, 11) is 1.72. The van der Waals surface area contributed by atoms with Crippen molar-refractivity contribution in [3.05, 3.63) is 5.82 Å². The lowest BCUT2D eigenvalue weighted by atomic mass is 9.87. The molecule has 0 N–H and O–H groups in total. The highest BCUT2D eigenvalue weighted by Gasteiger charge is 2.20. The maximum atomic E-state index is 12.1. The fourth-order valence-electron chi connectivity index (χ4n) is 2.47. The Hall–Kier alpha value is -1.26. The van der Waals surface area contributed by atoms with E-state index in [2.05, 4.69) is 15.4 Å². The lowest BCUT2D eigenvalue weighted by Crippen LogP contribution is -2.18. The largest absolute Gasteiger partial charge is 0.299 e. The van der Waals surface area contributed by atoms with Gasteiger partial charge in [0.2, 0.25) is 0 Å². The summed E-state index contributed by atoms with van der Waals surface area (Å²) in [5.74, 6) is 1.07. The van der Waals surface area contributed by atoms with E-state index in [4.69, 9.17) is 0 Å². The summed E-state index contributed by atoms with van der Waals surface area (Å²) < 4.78 is 0. The van der Waals surface area contributed by atoms with Crippen LogP contribution >= 0.6 is 0 Å². The zero-order valence-corrected chi connectivity index (χ0v) is 10.4. The Morgan fingerprint density at radius 2 is 1.88 bits per heavy atom. The van der Waals surface area contributed by atoms with Gasteiger partial charge >= 0.3 is 0 Å². The SMILES string of the molecule is Cn1nnc(CC(=O)C2CCCCCCC2)n1. The molecule has 0 aliphatic heterocycles. The van der Waals surface area contributed by atoms with E-state index in [0.29, 0.717) is 18.0 Å². The lowest BCUT2D eigenvalue weighted by Gasteiger charge is -2.17. The molecule has 94 valence electrons. The number of ketones is 1. The number of nitrogens with zero attached hydrogens (tertiary/aromatic N) is 4. The van der Waals surface area contributed by atoms with Gasteiger partial charge in [0.1, 0.15) is 5.78 Å². The number of aromatic nitrogens is 4. The molecule has 0 aromatic carbocycles. The van der Waals surface area contributed by atoms with E-state index in [9.17, 15) is 4.79 Å². The standard InChI is InChI=1S/C12H20N4O/c1-16-14-12(13-15-16)9-11(17)10-7-5-3-2-4-6-8-10/h10H,2-9H2,1H3. The molecule has 5 nitrogen and oxygen atoms in total. The average Bonchev–Trinajstić information content (AvgIpc) is 2.63. The van der Waals surface area contributed by atoms with Gasteiger partial charge in [0, 0.05) is 5.92 Å². The summed E-state index contributed by atoms with van der Waals surface area (Å²) in [6, 6.07) is 0. The normalized spacial score (nSPS) is 18.6. The van der Waals surface area contributed by atoms with Crippen molar-refractivity contribution in [2.75, 3.05) is 0 Å². The molecular formula is C12H20N4O. The number of aryl methyl sites for hydroxylation is 1. The molecule has 1 saturated carbocycles. The van der Waals surface area contributed by atoms with E-state index >= 15 is 0 Å². The molecule has 0 amide bonds. The molecule has 1 heterocycles. The highest BCUT2D eigenvalue weighted by atomic mass is 16.1. The molecule has 17 heavy (non-hydrogen) atoms. The molecule has 1 aromatic heterocycles. The molecular weight excluding hydrogens is 216 g/mol. The van der Waals surface area contributed by atoms with Crippen LogP contribution in [-0.2, 0) is 18.3 Å². The summed E-state index contributed by atoms with van der Waals surface area (Å²) in [4.78, 5) is 13.5. The van der Waals surface area contributed by atoms with Crippen molar-refractivity contribution in [1.29, 1.82) is 0 Å². The lowest BCUT2D eigenvalue weighted by molar-refractivity contribution is -0.122.